The van der Waals surface area contributed by atoms with Crippen LogP contribution in [-0.4, -0.2) is 29.2 Å². The van der Waals surface area contributed by atoms with E-state index in [9.17, 15) is 10.1 Å². The molecule has 0 saturated carbocycles. The molecule has 1 aliphatic heterocycles. The Labute approximate surface area is 165 Å². The molecule has 3 heterocycles. The zero-order chi connectivity index (χ0) is 20.5. The molecule has 0 fully saturated rings. The van der Waals surface area contributed by atoms with Crippen LogP contribution in [0.25, 0.3) is 10.9 Å². The molecule has 0 unspecified atom stereocenters. The maximum Gasteiger partial charge on any atom is 0.209 e. The summed E-state index contributed by atoms with van der Waals surface area (Å²) in [6, 6.07) is 7.23. The van der Waals surface area contributed by atoms with Gasteiger partial charge in [-0.15, -0.1) is 0 Å². The fraction of sp³-hybridized carbons (Fsp3) is 0.250. The first-order chi connectivity index (χ1) is 14.0. The van der Waals surface area contributed by atoms with Gasteiger partial charge in [0.25, 0.3) is 0 Å². The van der Waals surface area contributed by atoms with Crippen molar-refractivity contribution in [2.75, 3.05) is 36.1 Å². The Morgan fingerprint density at radius 2 is 2.21 bits per heavy atom. The molecule has 1 aromatic carbocycles. The van der Waals surface area contributed by atoms with Crippen molar-refractivity contribution in [2.24, 2.45) is 0 Å². The molecule has 0 spiro atoms. The van der Waals surface area contributed by atoms with E-state index in [2.05, 4.69) is 15.6 Å². The number of nitrogen functional groups attached to an aromatic ring is 1. The number of nitrogens with two attached hydrogens (primary N) is 1. The maximum atomic E-state index is 15.1. The van der Waals surface area contributed by atoms with E-state index in [0.29, 0.717) is 24.4 Å². The minimum atomic E-state index is -0.765. The molecule has 0 radical (unpaired) electrons. The van der Waals surface area contributed by atoms with Crippen molar-refractivity contribution in [1.29, 1.82) is 5.26 Å². The van der Waals surface area contributed by atoms with Crippen molar-refractivity contribution in [3.05, 3.63) is 52.2 Å². The first-order valence-corrected chi connectivity index (χ1v) is 9.14. The van der Waals surface area contributed by atoms with Crippen LogP contribution in [0.3, 0.4) is 0 Å². The second-order valence-corrected chi connectivity index (χ2v) is 6.77. The lowest BCUT2D eigenvalue weighted by atomic mass is 10.0. The molecule has 8 nitrogen and oxygen atoms in total. The van der Waals surface area contributed by atoms with Gasteiger partial charge < -0.3 is 25.7 Å². The Morgan fingerprint density at radius 1 is 1.41 bits per heavy atom. The Morgan fingerprint density at radius 3 is 2.93 bits per heavy atom. The molecule has 0 saturated heterocycles. The third-order valence-corrected chi connectivity index (χ3v) is 4.86. The van der Waals surface area contributed by atoms with E-state index >= 15 is 4.39 Å². The second kappa shape index (κ2) is 7.31. The fourth-order valence-corrected chi connectivity index (χ4v) is 3.43. The summed E-state index contributed by atoms with van der Waals surface area (Å²) in [7, 11) is 0. The van der Waals surface area contributed by atoms with Crippen molar-refractivity contribution in [3.8, 4) is 11.8 Å². The lowest BCUT2D eigenvalue weighted by Gasteiger charge is -2.29. The number of nitrogens with zero attached hydrogens (tertiary/aromatic N) is 3. The van der Waals surface area contributed by atoms with Crippen molar-refractivity contribution < 1.29 is 9.13 Å². The molecular formula is C20H19FN6O2. The number of pyridine rings is 2. The Bertz CT molecular complexity index is 1190. The SMILES string of the molecule is C[C@H]1COc2c(NCCNc3ccccn3)c(F)c(N)c3c(=O)c(C#N)cn1c23. The van der Waals surface area contributed by atoms with Crippen LogP contribution < -0.4 is 26.5 Å². The van der Waals surface area contributed by atoms with E-state index in [-0.39, 0.29) is 40.7 Å². The third-order valence-electron chi connectivity index (χ3n) is 4.86. The predicted molar refractivity (Wildman–Crippen MR) is 109 cm³/mol. The van der Waals surface area contributed by atoms with Crippen LogP contribution in [0.2, 0.25) is 0 Å². The predicted octanol–water partition coefficient (Wildman–Crippen LogP) is 2.47. The van der Waals surface area contributed by atoms with E-state index in [4.69, 9.17) is 10.5 Å². The molecule has 0 bridgehead atoms. The molecule has 1 aliphatic rings. The summed E-state index contributed by atoms with van der Waals surface area (Å²) in [5, 5.41) is 15.4. The van der Waals surface area contributed by atoms with Crippen LogP contribution in [-0.2, 0) is 0 Å². The maximum absolute atomic E-state index is 15.1. The van der Waals surface area contributed by atoms with Crippen LogP contribution in [0, 0.1) is 17.1 Å². The highest BCUT2D eigenvalue weighted by molar-refractivity contribution is 6.00. The minimum absolute atomic E-state index is 0.0275. The highest BCUT2D eigenvalue weighted by atomic mass is 19.1. The van der Waals surface area contributed by atoms with Gasteiger partial charge in [-0.25, -0.2) is 9.37 Å². The summed E-state index contributed by atoms with van der Waals surface area (Å²) in [6.45, 7) is 3.01. The van der Waals surface area contributed by atoms with E-state index in [1.165, 1.54) is 6.20 Å². The van der Waals surface area contributed by atoms with Crippen molar-refractivity contribution in [1.82, 2.24) is 9.55 Å². The number of nitrogens with one attached hydrogen (secondary N) is 2. The summed E-state index contributed by atoms with van der Waals surface area (Å²) >= 11 is 0. The number of hydrogen-bond acceptors (Lipinski definition) is 7. The number of benzene rings is 1. The van der Waals surface area contributed by atoms with Crippen LogP contribution in [0.4, 0.5) is 21.6 Å². The van der Waals surface area contributed by atoms with E-state index in [1.54, 1.807) is 10.8 Å². The Balaban J connectivity index is 1.73. The third kappa shape index (κ3) is 3.08. The number of rotatable bonds is 5. The minimum Gasteiger partial charge on any atom is -0.487 e. The first kappa shape index (κ1) is 18.6. The second-order valence-electron chi connectivity index (χ2n) is 6.77. The molecule has 4 rings (SSSR count). The average molecular weight is 394 g/mol. The number of ether oxygens (including phenoxy) is 1. The summed E-state index contributed by atoms with van der Waals surface area (Å²) in [5.41, 5.74) is 5.50. The number of aromatic nitrogens is 2. The summed E-state index contributed by atoms with van der Waals surface area (Å²) in [5.74, 6) is 0.167. The van der Waals surface area contributed by atoms with Gasteiger partial charge >= 0.3 is 0 Å². The fourth-order valence-electron chi connectivity index (χ4n) is 3.43. The number of halogens is 1. The highest BCUT2D eigenvalue weighted by Gasteiger charge is 2.29. The molecule has 29 heavy (non-hydrogen) atoms. The monoisotopic (exact) mass is 394 g/mol. The van der Waals surface area contributed by atoms with Gasteiger partial charge in [-0.2, -0.15) is 5.26 Å². The Hall–Kier alpha value is -3.80. The zero-order valence-electron chi connectivity index (χ0n) is 15.7. The summed E-state index contributed by atoms with van der Waals surface area (Å²) < 4.78 is 22.6. The first-order valence-electron chi connectivity index (χ1n) is 9.14. The van der Waals surface area contributed by atoms with Crippen LogP contribution in [0.15, 0.2) is 35.4 Å². The standard InChI is InChI=1S/C20H19FN6O2/c1-11-10-29-20-17(26-7-6-25-13-4-2-3-5-24-13)15(21)16(23)14-18(20)27(11)9-12(8-22)19(14)28/h2-5,9,11,26H,6-7,10,23H2,1H3,(H,24,25)/t11-/m0/s1. The van der Waals surface area contributed by atoms with Crippen LogP contribution >= 0.6 is 0 Å². The van der Waals surface area contributed by atoms with Crippen molar-refractivity contribution in [3.63, 3.8) is 0 Å². The van der Waals surface area contributed by atoms with Crippen molar-refractivity contribution >= 4 is 28.1 Å². The summed E-state index contributed by atoms with van der Waals surface area (Å²) in [4.78, 5) is 16.8. The van der Waals surface area contributed by atoms with Gasteiger partial charge in [0.05, 0.1) is 22.6 Å². The molecule has 9 heteroatoms. The molecule has 1 atom stereocenters. The molecule has 148 valence electrons. The number of hydrogen-bond donors (Lipinski definition) is 3. The van der Waals surface area contributed by atoms with Crippen molar-refractivity contribution in [2.45, 2.75) is 13.0 Å². The van der Waals surface area contributed by atoms with Crippen LogP contribution in [0.5, 0.6) is 5.75 Å². The zero-order valence-corrected chi connectivity index (χ0v) is 15.7. The smallest absolute Gasteiger partial charge is 0.209 e. The molecular weight excluding hydrogens is 375 g/mol. The largest absolute Gasteiger partial charge is 0.487 e. The van der Waals surface area contributed by atoms with E-state index < -0.39 is 11.2 Å². The highest BCUT2D eigenvalue weighted by Crippen LogP contribution is 2.42. The Kier molecular flexibility index (Phi) is 4.68. The van der Waals surface area contributed by atoms with Gasteiger partial charge in [-0.05, 0) is 19.1 Å². The average Bonchev–Trinajstić information content (AvgIpc) is 2.73. The molecule has 4 N–H and O–H groups in total. The molecule has 0 aliphatic carbocycles. The van der Waals surface area contributed by atoms with E-state index in [0.717, 1.165) is 0 Å². The topological polar surface area (TPSA) is 118 Å². The quantitative estimate of drug-likeness (QED) is 0.449. The van der Waals surface area contributed by atoms with Gasteiger partial charge in [0.1, 0.15) is 29.7 Å². The molecule has 0 amide bonds. The lowest BCUT2D eigenvalue weighted by molar-refractivity contribution is 0.247. The normalized spacial score (nSPS) is 14.9. The van der Waals surface area contributed by atoms with Gasteiger partial charge in [0, 0.05) is 25.5 Å². The van der Waals surface area contributed by atoms with Gasteiger partial charge in [-0.3, -0.25) is 4.79 Å². The van der Waals surface area contributed by atoms with Crippen LogP contribution in [0.1, 0.15) is 18.5 Å². The molecule has 2 aromatic heterocycles. The lowest BCUT2D eigenvalue weighted by Crippen LogP contribution is -2.26. The number of nitriles is 1. The summed E-state index contributed by atoms with van der Waals surface area (Å²) in [6.07, 6.45) is 3.15. The van der Waals surface area contributed by atoms with E-state index in [1.807, 2.05) is 31.2 Å². The van der Waals surface area contributed by atoms with Gasteiger partial charge in [0.2, 0.25) is 5.43 Å². The van der Waals surface area contributed by atoms with Gasteiger partial charge in [-0.1, -0.05) is 6.07 Å². The van der Waals surface area contributed by atoms with Gasteiger partial charge in [0.15, 0.2) is 11.6 Å². The number of anilines is 3. The molecule has 3 aromatic rings.